The fourth-order valence-electron chi connectivity index (χ4n) is 3.14. The molecule has 4 aromatic rings. The molecule has 0 aliphatic carbocycles. The molecule has 1 aromatic heterocycles. The zero-order chi connectivity index (χ0) is 19.3. The second-order valence-corrected chi connectivity index (χ2v) is 7.03. The number of aromatic nitrogens is 2. The summed E-state index contributed by atoms with van der Waals surface area (Å²) in [4.78, 5) is 0. The Morgan fingerprint density at radius 1 is 0.821 bits per heavy atom. The molecule has 0 aliphatic rings. The number of nitrogens with one attached hydrogen (secondary N) is 1. The van der Waals surface area contributed by atoms with Gasteiger partial charge >= 0.3 is 0 Å². The van der Waals surface area contributed by atoms with Crippen molar-refractivity contribution >= 4 is 11.6 Å². The molecule has 4 rings (SSSR count). The predicted molar refractivity (Wildman–Crippen MR) is 111 cm³/mol. The minimum Gasteiger partial charge on any atom is -0.419 e. The SMILES string of the molecule is C[C@@H](NC(c1ccccc1)c1ccccc1)c1nnc(-c2cccc(Cl)c2)o1. The highest BCUT2D eigenvalue weighted by Gasteiger charge is 2.21. The van der Waals surface area contributed by atoms with Crippen LogP contribution in [0.15, 0.2) is 89.3 Å². The van der Waals surface area contributed by atoms with E-state index in [1.165, 1.54) is 11.1 Å². The molecule has 0 amide bonds. The van der Waals surface area contributed by atoms with Gasteiger partial charge in [0, 0.05) is 10.6 Å². The summed E-state index contributed by atoms with van der Waals surface area (Å²) < 4.78 is 5.92. The van der Waals surface area contributed by atoms with E-state index in [2.05, 4.69) is 39.8 Å². The first-order valence-electron chi connectivity index (χ1n) is 9.16. The summed E-state index contributed by atoms with van der Waals surface area (Å²) in [6.45, 7) is 2.02. The molecule has 5 heteroatoms. The highest BCUT2D eigenvalue weighted by atomic mass is 35.5. The smallest absolute Gasteiger partial charge is 0.247 e. The molecule has 0 radical (unpaired) electrons. The van der Waals surface area contributed by atoms with Crippen LogP contribution >= 0.6 is 11.6 Å². The maximum atomic E-state index is 6.07. The molecule has 0 spiro atoms. The van der Waals surface area contributed by atoms with Crippen LogP contribution in [0.4, 0.5) is 0 Å². The maximum Gasteiger partial charge on any atom is 0.247 e. The lowest BCUT2D eigenvalue weighted by atomic mass is 9.98. The van der Waals surface area contributed by atoms with Crippen LogP contribution in [0.25, 0.3) is 11.5 Å². The third-order valence-corrected chi connectivity index (χ3v) is 4.80. The minimum absolute atomic E-state index is 0.0129. The second kappa shape index (κ2) is 8.38. The summed E-state index contributed by atoms with van der Waals surface area (Å²) in [5.41, 5.74) is 3.16. The average molecular weight is 390 g/mol. The second-order valence-electron chi connectivity index (χ2n) is 6.60. The number of rotatable bonds is 6. The van der Waals surface area contributed by atoms with Gasteiger partial charge in [-0.2, -0.15) is 0 Å². The van der Waals surface area contributed by atoms with Crippen LogP contribution in [0.5, 0.6) is 0 Å². The van der Waals surface area contributed by atoms with Crippen LogP contribution < -0.4 is 5.32 Å². The Kier molecular flexibility index (Phi) is 5.51. The first kappa shape index (κ1) is 18.4. The van der Waals surface area contributed by atoms with Crippen LogP contribution in [0.3, 0.4) is 0 Å². The van der Waals surface area contributed by atoms with Gasteiger partial charge in [0.2, 0.25) is 11.8 Å². The van der Waals surface area contributed by atoms with Crippen molar-refractivity contribution in [1.29, 1.82) is 0 Å². The number of benzene rings is 3. The van der Waals surface area contributed by atoms with Crippen LogP contribution in [0.2, 0.25) is 5.02 Å². The highest BCUT2D eigenvalue weighted by Crippen LogP contribution is 2.27. The number of nitrogens with zero attached hydrogens (tertiary/aromatic N) is 2. The van der Waals surface area contributed by atoms with E-state index < -0.39 is 0 Å². The zero-order valence-corrected chi connectivity index (χ0v) is 16.2. The number of hydrogen-bond donors (Lipinski definition) is 1. The Bertz CT molecular complexity index is 994. The summed E-state index contributed by atoms with van der Waals surface area (Å²) >= 11 is 6.07. The van der Waals surface area contributed by atoms with Crippen LogP contribution in [-0.4, -0.2) is 10.2 Å². The highest BCUT2D eigenvalue weighted by molar-refractivity contribution is 6.30. The third kappa shape index (κ3) is 4.14. The van der Waals surface area contributed by atoms with E-state index in [1.54, 1.807) is 0 Å². The van der Waals surface area contributed by atoms with Crippen molar-refractivity contribution in [2.24, 2.45) is 0 Å². The van der Waals surface area contributed by atoms with E-state index in [-0.39, 0.29) is 12.1 Å². The van der Waals surface area contributed by atoms with Gasteiger partial charge in [-0.3, -0.25) is 5.32 Å². The van der Waals surface area contributed by atoms with Gasteiger partial charge in [0.1, 0.15) is 0 Å². The molecule has 3 aromatic carbocycles. The fourth-order valence-corrected chi connectivity index (χ4v) is 3.34. The summed E-state index contributed by atoms with van der Waals surface area (Å²) in [7, 11) is 0. The molecule has 140 valence electrons. The van der Waals surface area contributed by atoms with Gasteiger partial charge in [-0.05, 0) is 36.2 Å². The van der Waals surface area contributed by atoms with Crippen molar-refractivity contribution in [3.63, 3.8) is 0 Å². The summed E-state index contributed by atoms with van der Waals surface area (Å²) in [5, 5.41) is 12.7. The van der Waals surface area contributed by atoms with Gasteiger partial charge in [0.25, 0.3) is 0 Å². The molecule has 4 nitrogen and oxygen atoms in total. The molecule has 0 saturated heterocycles. The van der Waals surface area contributed by atoms with Gasteiger partial charge in [-0.25, -0.2) is 0 Å². The topological polar surface area (TPSA) is 51.0 Å². The van der Waals surface area contributed by atoms with Gasteiger partial charge in [0.15, 0.2) is 0 Å². The molecular formula is C23H20ClN3O. The van der Waals surface area contributed by atoms with Crippen molar-refractivity contribution in [3.05, 3.63) is 107 Å². The van der Waals surface area contributed by atoms with Crippen LogP contribution in [0, 0.1) is 0 Å². The molecule has 1 atom stereocenters. The molecule has 28 heavy (non-hydrogen) atoms. The monoisotopic (exact) mass is 389 g/mol. The number of halogens is 1. The molecule has 1 N–H and O–H groups in total. The van der Waals surface area contributed by atoms with Gasteiger partial charge in [-0.1, -0.05) is 78.3 Å². The van der Waals surface area contributed by atoms with E-state index >= 15 is 0 Å². The summed E-state index contributed by atoms with van der Waals surface area (Å²) in [6.07, 6.45) is 0. The van der Waals surface area contributed by atoms with Gasteiger partial charge < -0.3 is 4.42 Å². The van der Waals surface area contributed by atoms with Crippen LogP contribution in [0.1, 0.15) is 36.0 Å². The molecule has 0 bridgehead atoms. The molecule has 0 unspecified atom stereocenters. The quantitative estimate of drug-likeness (QED) is 0.450. The average Bonchev–Trinajstić information content (AvgIpc) is 3.24. The fraction of sp³-hybridized carbons (Fsp3) is 0.130. The van der Waals surface area contributed by atoms with Crippen molar-refractivity contribution < 1.29 is 4.42 Å². The van der Waals surface area contributed by atoms with E-state index in [1.807, 2.05) is 67.6 Å². The van der Waals surface area contributed by atoms with E-state index in [4.69, 9.17) is 16.0 Å². The lowest BCUT2D eigenvalue weighted by Crippen LogP contribution is -2.25. The Balaban J connectivity index is 1.59. The Morgan fingerprint density at radius 2 is 1.46 bits per heavy atom. The standard InChI is InChI=1S/C23H20ClN3O/c1-16(22-26-27-23(28-22)19-13-8-14-20(24)15-19)25-21(17-9-4-2-5-10-17)18-11-6-3-7-12-18/h2-16,21,25H,1H3/t16-/m1/s1. The molecule has 1 heterocycles. The van der Waals surface area contributed by atoms with E-state index in [0.717, 1.165) is 5.56 Å². The third-order valence-electron chi connectivity index (χ3n) is 4.57. The minimum atomic E-state index is -0.133. The normalized spacial score (nSPS) is 12.2. The Morgan fingerprint density at radius 3 is 2.07 bits per heavy atom. The molecule has 0 aliphatic heterocycles. The van der Waals surface area contributed by atoms with Crippen molar-refractivity contribution in [3.8, 4) is 11.5 Å². The summed E-state index contributed by atoms with van der Waals surface area (Å²) in [6, 6.07) is 27.9. The maximum absolute atomic E-state index is 6.07. The zero-order valence-electron chi connectivity index (χ0n) is 15.4. The molecule has 0 saturated carbocycles. The van der Waals surface area contributed by atoms with E-state index in [0.29, 0.717) is 16.8 Å². The molecular weight excluding hydrogens is 370 g/mol. The lowest BCUT2D eigenvalue weighted by molar-refractivity contribution is 0.403. The predicted octanol–water partition coefficient (Wildman–Crippen LogP) is 5.83. The van der Waals surface area contributed by atoms with Gasteiger partial charge in [0.05, 0.1) is 12.1 Å². The van der Waals surface area contributed by atoms with E-state index in [9.17, 15) is 0 Å². The van der Waals surface area contributed by atoms with Crippen molar-refractivity contribution in [2.45, 2.75) is 19.0 Å². The first-order valence-corrected chi connectivity index (χ1v) is 9.54. The largest absolute Gasteiger partial charge is 0.419 e. The van der Waals surface area contributed by atoms with Crippen LogP contribution in [-0.2, 0) is 0 Å². The number of hydrogen-bond acceptors (Lipinski definition) is 4. The summed E-state index contributed by atoms with van der Waals surface area (Å²) in [5.74, 6) is 0.994. The first-order chi connectivity index (χ1) is 13.7. The Labute approximate surface area is 169 Å². The van der Waals surface area contributed by atoms with Crippen molar-refractivity contribution in [2.75, 3.05) is 0 Å². The molecule has 0 fully saturated rings. The van der Waals surface area contributed by atoms with Gasteiger partial charge in [-0.15, -0.1) is 10.2 Å². The van der Waals surface area contributed by atoms with Crippen molar-refractivity contribution in [1.82, 2.24) is 15.5 Å². The Hall–Kier alpha value is -2.95. The lowest BCUT2D eigenvalue weighted by Gasteiger charge is -2.22.